The summed E-state index contributed by atoms with van der Waals surface area (Å²) in [6.07, 6.45) is 2.50. The molecule has 0 bridgehead atoms. The number of aliphatic hydroxyl groups excluding tert-OH is 1. The highest BCUT2D eigenvalue weighted by atomic mass is 16.5. The minimum Gasteiger partial charge on any atom is -0.505 e. The lowest BCUT2D eigenvalue weighted by Gasteiger charge is -2.27. The zero-order valence-electron chi connectivity index (χ0n) is 22.0. The maximum absolute atomic E-state index is 13.4. The fraction of sp³-hybridized carbons (Fsp3) is 0.393. The number of fused-ring (bicyclic) bond motifs is 1. The summed E-state index contributed by atoms with van der Waals surface area (Å²) in [5.41, 5.74) is 3.02. The molecule has 3 heterocycles. The van der Waals surface area contributed by atoms with Gasteiger partial charge in [0.05, 0.1) is 24.4 Å². The van der Waals surface area contributed by atoms with Gasteiger partial charge in [-0.3, -0.25) is 9.59 Å². The number of likely N-dealkylation sites (tertiary alicyclic amines) is 1. The van der Waals surface area contributed by atoms with Crippen LogP contribution in [0.1, 0.15) is 48.8 Å². The van der Waals surface area contributed by atoms with Gasteiger partial charge in [0.25, 0.3) is 11.7 Å². The number of ketones is 1. The summed E-state index contributed by atoms with van der Waals surface area (Å²) in [7, 11) is 1.43. The van der Waals surface area contributed by atoms with Gasteiger partial charge < -0.3 is 29.2 Å². The predicted octanol–water partition coefficient (Wildman–Crippen LogP) is 3.82. The molecule has 2 N–H and O–H groups in total. The van der Waals surface area contributed by atoms with Crippen molar-refractivity contribution in [2.45, 2.75) is 40.2 Å². The Morgan fingerprint density at radius 3 is 2.54 bits per heavy atom. The summed E-state index contributed by atoms with van der Waals surface area (Å²) in [5, 5.41) is 21.7. The number of Topliss-reactive ketones (excluding diaryl/α,β-unsaturated/α-hetero) is 1. The Morgan fingerprint density at radius 2 is 1.89 bits per heavy atom. The Bertz CT molecular complexity index is 1370. The van der Waals surface area contributed by atoms with Crippen LogP contribution in [0.2, 0.25) is 0 Å². The van der Waals surface area contributed by atoms with Gasteiger partial charge in [-0.25, -0.2) is 4.98 Å². The Morgan fingerprint density at radius 1 is 1.16 bits per heavy atom. The smallest absolute Gasteiger partial charge is 0.295 e. The number of rotatable bonds is 9. The number of methoxy groups -OCH3 is 1. The Hall–Kier alpha value is -3.85. The maximum atomic E-state index is 13.4. The molecule has 1 atom stereocenters. The van der Waals surface area contributed by atoms with Crippen molar-refractivity contribution in [2.24, 2.45) is 0 Å². The van der Waals surface area contributed by atoms with E-state index in [2.05, 4.69) is 23.7 Å². The van der Waals surface area contributed by atoms with E-state index in [4.69, 9.17) is 4.74 Å². The van der Waals surface area contributed by atoms with Crippen molar-refractivity contribution >= 4 is 23.1 Å². The van der Waals surface area contributed by atoms with Crippen LogP contribution in [0.4, 0.5) is 0 Å². The molecule has 2 aromatic heterocycles. The molecular weight excluding hydrogens is 472 g/mol. The zero-order valence-corrected chi connectivity index (χ0v) is 22.0. The second kappa shape index (κ2) is 10.6. The number of ether oxygens (including phenoxy) is 1. The van der Waals surface area contributed by atoms with Crippen molar-refractivity contribution in [1.82, 2.24) is 19.2 Å². The van der Waals surface area contributed by atoms with E-state index < -0.39 is 17.7 Å². The molecule has 3 aromatic rings. The molecule has 37 heavy (non-hydrogen) atoms. The predicted molar refractivity (Wildman–Crippen MR) is 141 cm³/mol. The molecule has 196 valence electrons. The monoisotopic (exact) mass is 506 g/mol. The quantitative estimate of drug-likeness (QED) is 0.258. The first-order valence-electron chi connectivity index (χ1n) is 12.6. The highest BCUT2D eigenvalue weighted by Crippen LogP contribution is 2.42. The number of nitrogens with zero attached hydrogens (tertiary/aromatic N) is 4. The van der Waals surface area contributed by atoms with E-state index in [9.17, 15) is 19.8 Å². The molecule has 1 aliphatic heterocycles. The third-order valence-electron chi connectivity index (χ3n) is 7.14. The van der Waals surface area contributed by atoms with E-state index in [1.807, 2.05) is 36.6 Å². The van der Waals surface area contributed by atoms with E-state index in [1.54, 1.807) is 12.1 Å². The molecule has 0 spiro atoms. The summed E-state index contributed by atoms with van der Waals surface area (Å²) < 4.78 is 7.14. The second-order valence-electron chi connectivity index (χ2n) is 9.23. The van der Waals surface area contributed by atoms with Crippen molar-refractivity contribution < 1.29 is 24.5 Å². The van der Waals surface area contributed by atoms with Crippen LogP contribution in [-0.4, -0.2) is 74.4 Å². The van der Waals surface area contributed by atoms with Crippen molar-refractivity contribution in [3.63, 3.8) is 0 Å². The van der Waals surface area contributed by atoms with Gasteiger partial charge in [0.1, 0.15) is 11.3 Å². The van der Waals surface area contributed by atoms with Crippen molar-refractivity contribution in [3.8, 4) is 11.5 Å². The van der Waals surface area contributed by atoms with E-state index in [0.717, 1.165) is 25.2 Å². The zero-order chi connectivity index (χ0) is 26.9. The van der Waals surface area contributed by atoms with Crippen molar-refractivity contribution in [3.05, 3.63) is 64.6 Å². The first-order valence-corrected chi connectivity index (χ1v) is 12.6. The van der Waals surface area contributed by atoms with Crippen LogP contribution < -0.4 is 4.74 Å². The minimum atomic E-state index is -0.850. The molecule has 1 unspecified atom stereocenters. The minimum absolute atomic E-state index is 0.0234. The number of pyridine rings is 1. The third kappa shape index (κ3) is 4.67. The van der Waals surface area contributed by atoms with Crippen LogP contribution in [0.25, 0.3) is 11.4 Å². The highest BCUT2D eigenvalue weighted by Gasteiger charge is 2.46. The number of phenolic OH excluding ortho intramolecular Hbond substituents is 1. The van der Waals surface area contributed by atoms with E-state index >= 15 is 0 Å². The molecule has 1 fully saturated rings. The lowest BCUT2D eigenvalue weighted by Crippen LogP contribution is -2.33. The van der Waals surface area contributed by atoms with Gasteiger partial charge in [0.2, 0.25) is 0 Å². The second-order valence-corrected chi connectivity index (χ2v) is 9.23. The maximum Gasteiger partial charge on any atom is 0.295 e. The van der Waals surface area contributed by atoms with Gasteiger partial charge in [0.15, 0.2) is 17.3 Å². The summed E-state index contributed by atoms with van der Waals surface area (Å²) >= 11 is 0. The average Bonchev–Trinajstić information content (AvgIpc) is 3.36. The highest BCUT2D eigenvalue weighted by molar-refractivity contribution is 6.46. The topological polar surface area (TPSA) is 108 Å². The number of carbonyl (C=O) groups excluding carboxylic acids is 2. The van der Waals surface area contributed by atoms with Crippen LogP contribution in [0, 0.1) is 13.8 Å². The van der Waals surface area contributed by atoms with Gasteiger partial charge in [0, 0.05) is 12.7 Å². The Labute approximate surface area is 216 Å². The molecule has 0 aliphatic carbocycles. The molecular formula is C28H34N4O5. The van der Waals surface area contributed by atoms with E-state index in [1.165, 1.54) is 18.1 Å². The molecule has 1 aromatic carbocycles. The molecule has 1 amide bonds. The number of benzene rings is 1. The summed E-state index contributed by atoms with van der Waals surface area (Å²) in [5.74, 6) is -1.59. The number of carbonyl (C=O) groups is 2. The normalized spacial score (nSPS) is 17.4. The number of aromatic hydroxyl groups is 1. The third-order valence-corrected chi connectivity index (χ3v) is 7.14. The van der Waals surface area contributed by atoms with E-state index in [-0.39, 0.29) is 28.5 Å². The molecule has 0 saturated carbocycles. The SMILES string of the molecule is CCN(CC)CCCN1C(=O)C(=O)/C(=C(/O)c2nc3c(C)cccn3c2C)C1c1ccc(O)c(OC)c1. The first kappa shape index (κ1) is 26.2. The number of aliphatic hydroxyl groups is 1. The average molecular weight is 507 g/mol. The fourth-order valence-electron chi connectivity index (χ4n) is 5.00. The van der Waals surface area contributed by atoms with Gasteiger partial charge in [-0.15, -0.1) is 0 Å². The number of hydrogen-bond acceptors (Lipinski definition) is 7. The van der Waals surface area contributed by atoms with Crippen LogP contribution in [-0.2, 0) is 9.59 Å². The Balaban J connectivity index is 1.85. The number of imidazole rings is 1. The lowest BCUT2D eigenvalue weighted by molar-refractivity contribution is -0.140. The number of amides is 1. The van der Waals surface area contributed by atoms with Crippen molar-refractivity contribution in [2.75, 3.05) is 33.3 Å². The molecule has 4 rings (SSSR count). The molecule has 9 heteroatoms. The van der Waals surface area contributed by atoms with Gasteiger partial charge >= 0.3 is 0 Å². The first-order chi connectivity index (χ1) is 17.7. The molecule has 1 aliphatic rings. The van der Waals surface area contributed by atoms with Crippen LogP contribution in [0.5, 0.6) is 11.5 Å². The van der Waals surface area contributed by atoms with Crippen LogP contribution >= 0.6 is 0 Å². The lowest BCUT2D eigenvalue weighted by atomic mass is 9.96. The van der Waals surface area contributed by atoms with Gasteiger partial charge in [-0.1, -0.05) is 26.0 Å². The molecule has 0 radical (unpaired) electrons. The number of hydrogen-bond donors (Lipinski definition) is 2. The van der Waals surface area contributed by atoms with Crippen LogP contribution in [0.15, 0.2) is 42.1 Å². The fourth-order valence-corrected chi connectivity index (χ4v) is 5.00. The number of aryl methyl sites for hydroxylation is 2. The number of aromatic nitrogens is 2. The molecule has 1 saturated heterocycles. The largest absolute Gasteiger partial charge is 0.505 e. The Kier molecular flexibility index (Phi) is 7.54. The standard InChI is InChI=1S/C28H34N4O5/c1-6-30(7-2)13-9-15-32-24(19-11-12-20(33)21(16-19)37-5)22(26(35)28(32)36)25(34)23-18(4)31-14-8-10-17(3)27(31)29-23/h8,10-12,14,16,24,33-34H,6-7,9,13,15H2,1-5H3/b25-22+. The van der Waals surface area contributed by atoms with Gasteiger partial charge in [-0.05, 0) is 69.2 Å². The van der Waals surface area contributed by atoms with Crippen molar-refractivity contribution in [1.29, 1.82) is 0 Å². The summed E-state index contributed by atoms with van der Waals surface area (Å²) in [4.78, 5) is 35.1. The van der Waals surface area contributed by atoms with Crippen LogP contribution in [0.3, 0.4) is 0 Å². The summed E-state index contributed by atoms with van der Waals surface area (Å²) in [6.45, 7) is 10.8. The number of phenols is 1. The van der Waals surface area contributed by atoms with Gasteiger partial charge in [-0.2, -0.15) is 0 Å². The van der Waals surface area contributed by atoms with E-state index in [0.29, 0.717) is 29.9 Å². The molecule has 9 nitrogen and oxygen atoms in total. The summed E-state index contributed by atoms with van der Waals surface area (Å²) in [6, 6.07) is 7.65.